The molecule has 2 aromatic rings. The first kappa shape index (κ1) is 15.7. The summed E-state index contributed by atoms with van der Waals surface area (Å²) >= 11 is 7.03. The maximum absolute atomic E-state index is 12.1. The van der Waals surface area contributed by atoms with Crippen LogP contribution >= 0.6 is 22.9 Å². The van der Waals surface area contributed by atoms with Gasteiger partial charge in [-0.15, -0.1) is 11.3 Å². The molecule has 1 aromatic heterocycles. The number of halogens is 1. The maximum atomic E-state index is 12.1. The molecule has 110 valence electrons. The van der Waals surface area contributed by atoms with E-state index in [0.717, 1.165) is 41.7 Å². The molecule has 7 heteroatoms. The molecule has 0 unspecified atom stereocenters. The number of rotatable bonds is 7. The Hall–Kier alpha value is -0.690. The molecule has 20 heavy (non-hydrogen) atoms. The van der Waals surface area contributed by atoms with Gasteiger partial charge < -0.3 is 0 Å². The molecule has 0 fully saturated rings. The molecule has 1 N–H and O–H groups in total. The SMILES string of the molecule is CCCCCCNS(=O)(=O)c1nc2cc(Cl)ccc2s1. The van der Waals surface area contributed by atoms with Crippen molar-refractivity contribution in [3.63, 3.8) is 0 Å². The smallest absolute Gasteiger partial charge is 0.224 e. The van der Waals surface area contributed by atoms with Gasteiger partial charge in [0.15, 0.2) is 0 Å². The van der Waals surface area contributed by atoms with Crippen LogP contribution in [0.25, 0.3) is 10.2 Å². The Bertz CT molecular complexity index is 683. The molecule has 0 aliphatic heterocycles. The van der Waals surface area contributed by atoms with Crippen molar-refractivity contribution in [2.45, 2.75) is 36.9 Å². The summed E-state index contributed by atoms with van der Waals surface area (Å²) < 4.78 is 27.8. The first-order chi connectivity index (χ1) is 9.53. The minimum absolute atomic E-state index is 0.102. The third-order valence-corrected chi connectivity index (χ3v) is 5.99. The average Bonchev–Trinajstić information content (AvgIpc) is 2.82. The molecule has 0 spiro atoms. The van der Waals surface area contributed by atoms with E-state index in [9.17, 15) is 8.42 Å². The Morgan fingerprint density at radius 3 is 2.85 bits per heavy atom. The first-order valence-electron chi connectivity index (χ1n) is 6.58. The molecule has 0 aliphatic rings. The van der Waals surface area contributed by atoms with Gasteiger partial charge in [0.25, 0.3) is 10.0 Å². The van der Waals surface area contributed by atoms with E-state index in [1.807, 2.05) is 0 Å². The predicted molar refractivity (Wildman–Crippen MR) is 84.0 cm³/mol. The molecule has 1 aromatic carbocycles. The highest BCUT2D eigenvalue weighted by Crippen LogP contribution is 2.27. The number of unbranched alkanes of at least 4 members (excludes halogenated alkanes) is 3. The van der Waals surface area contributed by atoms with E-state index < -0.39 is 10.0 Å². The molecular weight excluding hydrogens is 316 g/mol. The van der Waals surface area contributed by atoms with E-state index in [4.69, 9.17) is 11.6 Å². The van der Waals surface area contributed by atoms with E-state index in [1.165, 1.54) is 0 Å². The fourth-order valence-electron chi connectivity index (χ4n) is 1.81. The van der Waals surface area contributed by atoms with Gasteiger partial charge in [-0.2, -0.15) is 0 Å². The van der Waals surface area contributed by atoms with E-state index in [-0.39, 0.29) is 4.34 Å². The van der Waals surface area contributed by atoms with E-state index in [0.29, 0.717) is 17.1 Å². The Morgan fingerprint density at radius 2 is 2.10 bits per heavy atom. The van der Waals surface area contributed by atoms with Gasteiger partial charge in [-0.05, 0) is 24.6 Å². The third-order valence-electron chi connectivity index (χ3n) is 2.88. The van der Waals surface area contributed by atoms with Crippen molar-refractivity contribution in [1.29, 1.82) is 0 Å². The van der Waals surface area contributed by atoms with E-state index in [2.05, 4.69) is 16.6 Å². The van der Waals surface area contributed by atoms with Crippen LogP contribution in [0.5, 0.6) is 0 Å². The summed E-state index contributed by atoms with van der Waals surface area (Å²) in [6.45, 7) is 2.58. The van der Waals surface area contributed by atoms with Gasteiger partial charge >= 0.3 is 0 Å². The van der Waals surface area contributed by atoms with Gasteiger partial charge in [0, 0.05) is 11.6 Å². The monoisotopic (exact) mass is 332 g/mol. The Labute approximate surface area is 128 Å². The summed E-state index contributed by atoms with van der Waals surface area (Å²) in [5.41, 5.74) is 0.619. The highest BCUT2D eigenvalue weighted by atomic mass is 35.5. The van der Waals surface area contributed by atoms with Crippen molar-refractivity contribution in [3.8, 4) is 0 Å². The minimum Gasteiger partial charge on any atom is -0.224 e. The van der Waals surface area contributed by atoms with E-state index >= 15 is 0 Å². The van der Waals surface area contributed by atoms with Crippen molar-refractivity contribution < 1.29 is 8.42 Å². The summed E-state index contributed by atoms with van der Waals surface area (Å²) in [6, 6.07) is 5.19. The van der Waals surface area contributed by atoms with Crippen LogP contribution in [-0.2, 0) is 10.0 Å². The zero-order valence-electron chi connectivity index (χ0n) is 11.2. The second-order valence-corrected chi connectivity index (χ2v) is 7.96. The van der Waals surface area contributed by atoms with Crippen molar-refractivity contribution in [3.05, 3.63) is 23.2 Å². The quantitative estimate of drug-likeness (QED) is 0.784. The van der Waals surface area contributed by atoms with Crippen molar-refractivity contribution in [1.82, 2.24) is 9.71 Å². The van der Waals surface area contributed by atoms with Crippen LogP contribution in [0.4, 0.5) is 0 Å². The van der Waals surface area contributed by atoms with Crippen LogP contribution in [0.2, 0.25) is 5.02 Å². The fourth-order valence-corrected chi connectivity index (χ4v) is 4.30. The minimum atomic E-state index is -3.51. The third kappa shape index (κ3) is 3.91. The Morgan fingerprint density at radius 1 is 1.30 bits per heavy atom. The molecule has 1 heterocycles. The van der Waals surface area contributed by atoms with Crippen molar-refractivity contribution in [2.75, 3.05) is 6.54 Å². The molecule has 0 atom stereocenters. The van der Waals surface area contributed by atoms with Crippen LogP contribution in [0.1, 0.15) is 32.6 Å². The molecule has 2 rings (SSSR count). The highest BCUT2D eigenvalue weighted by molar-refractivity contribution is 7.91. The zero-order valence-corrected chi connectivity index (χ0v) is 13.6. The van der Waals surface area contributed by atoms with Crippen LogP contribution in [0.3, 0.4) is 0 Å². The molecule has 0 aliphatic carbocycles. The van der Waals surface area contributed by atoms with Gasteiger partial charge in [0.2, 0.25) is 4.34 Å². The number of thiazole rings is 1. The number of hydrogen-bond donors (Lipinski definition) is 1. The van der Waals surface area contributed by atoms with Crippen LogP contribution in [0, 0.1) is 0 Å². The lowest BCUT2D eigenvalue weighted by atomic mass is 10.2. The molecule has 4 nitrogen and oxygen atoms in total. The van der Waals surface area contributed by atoms with Gasteiger partial charge in [-0.1, -0.05) is 37.8 Å². The average molecular weight is 333 g/mol. The molecule has 0 bridgehead atoms. The number of hydrogen-bond acceptors (Lipinski definition) is 4. The van der Waals surface area contributed by atoms with Crippen LogP contribution < -0.4 is 4.72 Å². The molecule has 0 saturated carbocycles. The lowest BCUT2D eigenvalue weighted by Crippen LogP contribution is -2.24. The van der Waals surface area contributed by atoms with Crippen LogP contribution in [-0.4, -0.2) is 19.9 Å². The number of nitrogens with one attached hydrogen (secondary N) is 1. The Kier molecular flexibility index (Phi) is 5.37. The number of sulfonamides is 1. The lowest BCUT2D eigenvalue weighted by molar-refractivity contribution is 0.573. The molecule has 0 radical (unpaired) electrons. The predicted octanol–water partition coefficient (Wildman–Crippen LogP) is 3.81. The number of aromatic nitrogens is 1. The second kappa shape index (κ2) is 6.85. The lowest BCUT2D eigenvalue weighted by Gasteiger charge is -2.03. The Balaban J connectivity index is 2.07. The van der Waals surface area contributed by atoms with Crippen LogP contribution in [0.15, 0.2) is 22.5 Å². The largest absolute Gasteiger partial charge is 0.267 e. The van der Waals surface area contributed by atoms with Gasteiger partial charge in [0.05, 0.1) is 10.2 Å². The topological polar surface area (TPSA) is 59.1 Å². The second-order valence-electron chi connectivity index (χ2n) is 4.55. The van der Waals surface area contributed by atoms with Crippen molar-refractivity contribution in [2.24, 2.45) is 0 Å². The number of fused-ring (bicyclic) bond motifs is 1. The number of nitrogens with zero attached hydrogens (tertiary/aromatic N) is 1. The standard InChI is InChI=1S/C13H17ClN2O2S2/c1-2-3-4-5-8-15-20(17,18)13-16-11-9-10(14)6-7-12(11)19-13/h6-7,9,15H,2-5,8H2,1H3. The molecule has 0 saturated heterocycles. The van der Waals surface area contributed by atoms with Crippen molar-refractivity contribution >= 4 is 43.2 Å². The van der Waals surface area contributed by atoms with E-state index in [1.54, 1.807) is 18.2 Å². The van der Waals surface area contributed by atoms with Gasteiger partial charge in [0.1, 0.15) is 0 Å². The molecular formula is C13H17ClN2O2S2. The van der Waals surface area contributed by atoms with Gasteiger partial charge in [-0.3, -0.25) is 0 Å². The summed E-state index contributed by atoms with van der Waals surface area (Å²) in [7, 11) is -3.51. The molecule has 0 amide bonds. The highest BCUT2D eigenvalue weighted by Gasteiger charge is 2.18. The normalized spacial score (nSPS) is 12.1. The zero-order chi connectivity index (χ0) is 14.6. The summed E-state index contributed by atoms with van der Waals surface area (Å²) in [4.78, 5) is 4.14. The summed E-state index contributed by atoms with van der Waals surface area (Å²) in [5.74, 6) is 0. The fraction of sp³-hybridized carbons (Fsp3) is 0.462. The summed E-state index contributed by atoms with van der Waals surface area (Å²) in [5, 5.41) is 0.555. The summed E-state index contributed by atoms with van der Waals surface area (Å²) in [6.07, 6.45) is 4.14. The maximum Gasteiger partial charge on any atom is 0.267 e. The van der Waals surface area contributed by atoms with Gasteiger partial charge in [-0.25, -0.2) is 18.1 Å². The first-order valence-corrected chi connectivity index (χ1v) is 9.26. The number of benzene rings is 1.